The molecule has 0 aromatic rings. The van der Waals surface area contributed by atoms with Crippen LogP contribution in [0.2, 0.25) is 0 Å². The Bertz CT molecular complexity index is 1590. The van der Waals surface area contributed by atoms with Crippen LogP contribution in [0.4, 0.5) is 26.3 Å². The number of terminal acetylenes is 2. The van der Waals surface area contributed by atoms with Gasteiger partial charge >= 0.3 is 54.5 Å². The Hall–Kier alpha value is 2.68. The minimum atomic E-state index is -6.31. The van der Waals surface area contributed by atoms with Crippen LogP contribution in [0.25, 0.3) is 0 Å². The molecule has 468 valence electrons. The Morgan fingerprint density at radius 3 is 0.427 bits per heavy atom. The molecule has 3 aliphatic rings. The minimum Gasteiger partial charge on any atom is -1.00 e. The number of halogens is 6. The normalized spacial score (nSPS) is 21.0. The average Bonchev–Trinajstić information content (AvgIpc) is 3.80. The Kier molecular flexibility index (Phi) is 33.4. The Morgan fingerprint density at radius 2 is 0.400 bits per heavy atom. The number of hydrogen-bond donors (Lipinski definition) is 0. The molecule has 3 heterocycles. The molecule has 0 bridgehead atoms. The predicted octanol–water partition coefficient (Wildman–Crippen LogP) is 20.7. The maximum Gasteiger partial charge on any atom is 2.00 e. The van der Waals surface area contributed by atoms with Crippen molar-refractivity contribution in [2.24, 2.45) is 0 Å². The zero-order valence-corrected chi connectivity index (χ0v) is 64.7. The molecule has 0 atom stereocenters. The van der Waals surface area contributed by atoms with Crippen molar-refractivity contribution in [3.05, 3.63) is 12.8 Å². The molecule has 3 rings (SSSR count). The monoisotopic (exact) mass is 1650 g/mol. The van der Waals surface area contributed by atoms with Crippen molar-refractivity contribution in [3.8, 4) is 12.8 Å². The third-order valence-corrected chi connectivity index (χ3v) is 34.3. The van der Waals surface area contributed by atoms with Crippen LogP contribution in [0.15, 0.2) is 0 Å². The van der Waals surface area contributed by atoms with Gasteiger partial charge in [-0.15, -0.1) is 34.9 Å². The average molecular weight is 1650 g/mol. The summed E-state index contributed by atoms with van der Waals surface area (Å²) >= 11 is 0. The van der Waals surface area contributed by atoms with Gasteiger partial charge in [-0.1, -0.05) is 281 Å². The minimum absolute atomic E-state index is 0. The van der Waals surface area contributed by atoms with E-state index in [0.717, 1.165) is 0 Å². The molecule has 0 aliphatic carbocycles. The number of fused-ring (bicyclic) bond motifs is 4. The molecule has 0 N–H and O–H groups in total. The van der Waals surface area contributed by atoms with Gasteiger partial charge in [0.25, 0.3) is 0 Å². The van der Waals surface area contributed by atoms with Crippen molar-refractivity contribution in [1.29, 1.82) is 0 Å². The Labute approximate surface area is 513 Å². The van der Waals surface area contributed by atoms with E-state index in [1.807, 2.05) is 0 Å². The SMILES string of the molecule is CC(C)(C)P(C(C)(C)C)C(C)(C)C.CC(C)(C)P(C(C)(C)C)C(C)(C)C.CC(C)(C)P(C(C)(C)C)C(C)(C)C.CC(C)(C)P(C(C)(C)C)C(C)(C)C.O=S12(C(F)(F)F)ON1S1(=O)(C(F)(F)F)ON21.[Ag+].[C-]#C.[C-]#C.[H-].[H-].[Pt+2].[Pt]. The van der Waals surface area contributed by atoms with Crippen LogP contribution in [-0.2, 0) is 92.5 Å². The van der Waals surface area contributed by atoms with Crippen molar-refractivity contribution >= 4 is 51.1 Å². The van der Waals surface area contributed by atoms with E-state index < -0.39 is 38.2 Å². The first-order valence-corrected chi connectivity index (χ1v) is 33.5. The van der Waals surface area contributed by atoms with E-state index >= 15 is 0 Å². The first-order valence-electron chi connectivity index (χ1n) is 24.6. The molecule has 0 aromatic carbocycles. The van der Waals surface area contributed by atoms with Gasteiger partial charge in [0, 0.05) is 21.1 Å². The molecule has 0 amide bonds. The summed E-state index contributed by atoms with van der Waals surface area (Å²) in [5, 5.41) is 5.40. The number of rotatable bonds is 0. The summed E-state index contributed by atoms with van der Waals surface area (Å²) in [4.78, 5) is 0. The zero-order chi connectivity index (χ0) is 60.8. The molecule has 3 saturated heterocycles. The van der Waals surface area contributed by atoms with Gasteiger partial charge in [-0.25, -0.2) is 0 Å². The van der Waals surface area contributed by atoms with Crippen LogP contribution in [0.1, 0.15) is 252 Å². The van der Waals surface area contributed by atoms with Gasteiger partial charge in [0.1, 0.15) is 19.4 Å². The predicted molar refractivity (Wildman–Crippen MR) is 318 cm³/mol. The van der Waals surface area contributed by atoms with Crippen molar-refractivity contribution in [2.45, 2.75) is 322 Å². The Balaban J connectivity index is -0.000000104. The second kappa shape index (κ2) is 27.4. The summed E-state index contributed by atoms with van der Waals surface area (Å²) in [7, 11) is -12.6. The standard InChI is InChI=1S/4C12H27P.C2F6N2O4S2.2C2H.Ag.2Pt.2H/c4*1-10(2,3)13(11(4,5)6)12(7,8)9;3-1(4,5)15(11)9(13-15)16(12,2(6,7)8)10(15)14-16;2*1-2;;;;;/h4*1-9H3;;2*1H;;;;;/q;;;;;2*-1;+1;;+2;2*-1. The topological polar surface area (TPSA) is 65.2 Å². The molecule has 21 heteroatoms. The van der Waals surface area contributed by atoms with Crippen LogP contribution >= 0.6 is 31.7 Å². The van der Waals surface area contributed by atoms with Gasteiger partial charge in [0.15, 0.2) is 0 Å². The fourth-order valence-corrected chi connectivity index (χ4v) is 46.3. The molecule has 0 spiro atoms. The number of nitrogens with zero attached hydrogens (tertiary/aromatic N) is 2. The van der Waals surface area contributed by atoms with E-state index in [0.29, 0.717) is 61.9 Å². The molecule has 75 heavy (non-hydrogen) atoms. The van der Waals surface area contributed by atoms with Crippen LogP contribution in [0.5, 0.6) is 0 Å². The van der Waals surface area contributed by atoms with E-state index in [1.54, 1.807) is 0 Å². The van der Waals surface area contributed by atoms with Crippen LogP contribution < -0.4 is 0 Å². The van der Waals surface area contributed by atoms with Crippen molar-refractivity contribution in [1.82, 2.24) is 7.75 Å². The third kappa shape index (κ3) is 22.2. The molecule has 3 aliphatic heterocycles. The molecule has 0 saturated carbocycles. The fourth-order valence-electron chi connectivity index (χ4n) is 13.4. The fraction of sp³-hybridized carbons (Fsp3) is 0.926. The Morgan fingerprint density at radius 1 is 0.320 bits per heavy atom. The van der Waals surface area contributed by atoms with Gasteiger partial charge in [-0.05, 0) is 61.9 Å². The van der Waals surface area contributed by atoms with E-state index in [2.05, 4.69) is 271 Å². The zero-order valence-electron chi connectivity index (χ0n) is 55.5. The second-order valence-corrected chi connectivity index (χ2v) is 55.5. The first-order chi connectivity index (χ1) is 30.3. The maximum atomic E-state index is 12.3. The van der Waals surface area contributed by atoms with E-state index in [4.69, 9.17) is 12.8 Å². The van der Waals surface area contributed by atoms with Crippen LogP contribution in [0, 0.1) is 25.7 Å². The molecule has 0 radical (unpaired) electrons. The summed E-state index contributed by atoms with van der Waals surface area (Å²) in [5.41, 5.74) is -11.3. The summed E-state index contributed by atoms with van der Waals surface area (Å²) in [6.07, 6.45) is 18.0. The quantitative estimate of drug-likeness (QED) is 0.0605. The number of hydrogen-bond acceptors (Lipinski definition) is 4. The van der Waals surface area contributed by atoms with E-state index in [-0.39, 0.29) is 99.1 Å². The van der Waals surface area contributed by atoms with Gasteiger partial charge < -0.3 is 28.5 Å². The summed E-state index contributed by atoms with van der Waals surface area (Å²) in [6.45, 7) is 85.8. The van der Waals surface area contributed by atoms with Crippen molar-refractivity contribution in [2.75, 3.05) is 0 Å². The van der Waals surface area contributed by atoms with Gasteiger partial charge in [-0.2, -0.15) is 8.42 Å². The second-order valence-electron chi connectivity index (χ2n) is 30.5. The number of alkyl halides is 6. The smallest absolute Gasteiger partial charge is 1.00 e. The van der Waals surface area contributed by atoms with Gasteiger partial charge in [-0.3, -0.25) is 0 Å². The molecule has 0 aromatic heterocycles. The molecular formula is C54H112AgF6N2O4P4Pt2S2-. The third-order valence-electron chi connectivity index (χ3n) is 10.2. The first kappa shape index (κ1) is 91.4. The molecule has 0 unspecified atom stereocenters. The molecular weight excluding hydrogens is 1540 g/mol. The van der Waals surface area contributed by atoms with Crippen molar-refractivity contribution < 1.29 is 111 Å². The largest absolute Gasteiger partial charge is 2.00 e. The summed E-state index contributed by atoms with van der Waals surface area (Å²) in [6, 6.07) is 0. The van der Waals surface area contributed by atoms with Crippen LogP contribution in [0.3, 0.4) is 0 Å². The van der Waals surface area contributed by atoms with Gasteiger partial charge in [0.2, 0.25) is 0 Å². The van der Waals surface area contributed by atoms with E-state index in [9.17, 15) is 34.8 Å². The summed E-state index contributed by atoms with van der Waals surface area (Å²) in [5.74, 6) is 0. The van der Waals surface area contributed by atoms with E-state index in [1.165, 1.54) is 0 Å². The molecule has 6 nitrogen and oxygen atoms in total. The van der Waals surface area contributed by atoms with Crippen molar-refractivity contribution in [3.63, 3.8) is 0 Å². The molecule has 3 fully saturated rings. The van der Waals surface area contributed by atoms with Crippen LogP contribution in [-0.4, -0.2) is 89.1 Å². The summed E-state index contributed by atoms with van der Waals surface area (Å²) < 4.78 is 101. The maximum absolute atomic E-state index is 12.3. The van der Waals surface area contributed by atoms with Gasteiger partial charge in [0.05, 0.1) is 7.75 Å².